The van der Waals surface area contributed by atoms with E-state index in [2.05, 4.69) is 5.32 Å². The number of carbonyl (C=O) groups excluding carboxylic acids is 2. The largest absolute Gasteiger partial charge is 0.326 e. The van der Waals surface area contributed by atoms with Gasteiger partial charge in [0.1, 0.15) is 0 Å². The Morgan fingerprint density at radius 1 is 1.17 bits per heavy atom. The third kappa shape index (κ3) is 5.65. The molecule has 6 nitrogen and oxygen atoms in total. The second kappa shape index (κ2) is 9.07. The number of benzene rings is 2. The van der Waals surface area contributed by atoms with E-state index in [1.54, 1.807) is 48.5 Å². The summed E-state index contributed by atoms with van der Waals surface area (Å²) in [6.45, 7) is 2.00. The summed E-state index contributed by atoms with van der Waals surface area (Å²) < 4.78 is 27.0. The van der Waals surface area contributed by atoms with Crippen LogP contribution in [0.3, 0.4) is 0 Å². The van der Waals surface area contributed by atoms with E-state index in [-0.39, 0.29) is 24.0 Å². The number of nitrogens with one attached hydrogen (secondary N) is 1. The first-order valence-electron chi connectivity index (χ1n) is 9.39. The van der Waals surface area contributed by atoms with Gasteiger partial charge in [-0.2, -0.15) is 0 Å². The Bertz CT molecular complexity index is 1020. The lowest BCUT2D eigenvalue weighted by Crippen LogP contribution is -2.44. The highest BCUT2D eigenvalue weighted by Gasteiger charge is 2.32. The van der Waals surface area contributed by atoms with Crippen LogP contribution in [-0.2, 0) is 20.6 Å². The van der Waals surface area contributed by atoms with Crippen molar-refractivity contribution in [2.24, 2.45) is 5.92 Å². The molecule has 0 aromatic heterocycles. The normalized spacial score (nSPS) is 17.7. The number of rotatable bonds is 6. The molecule has 0 bridgehead atoms. The summed E-state index contributed by atoms with van der Waals surface area (Å²) in [6.07, 6.45) is 1.22. The number of anilines is 1. The summed E-state index contributed by atoms with van der Waals surface area (Å²) in [5, 5.41) is 3.29. The van der Waals surface area contributed by atoms with Crippen LogP contribution in [0.4, 0.5) is 5.69 Å². The van der Waals surface area contributed by atoms with Crippen LogP contribution in [0.25, 0.3) is 0 Å². The Labute approximate surface area is 175 Å². The lowest BCUT2D eigenvalue weighted by atomic mass is 9.98. The second-order valence-electron chi connectivity index (χ2n) is 7.21. The van der Waals surface area contributed by atoms with Crippen LogP contribution in [-0.4, -0.2) is 37.5 Å². The molecule has 1 amide bonds. The smallest absolute Gasteiger partial charge is 0.228 e. The standard InChI is InChI=1S/C21H23ClN2O4S/c1-15(25)17-6-3-9-20(12-17)23-21(26)18-7-4-10-24(13-18)29(27,28)14-16-5-2-8-19(22)11-16/h2-3,5-6,8-9,11-12,18H,4,7,10,13-14H2,1H3,(H,23,26). The zero-order chi connectivity index (χ0) is 21.0. The maximum Gasteiger partial charge on any atom is 0.228 e. The quantitative estimate of drug-likeness (QED) is 0.702. The molecule has 0 radical (unpaired) electrons. The molecule has 1 heterocycles. The molecule has 1 saturated heterocycles. The van der Waals surface area contributed by atoms with E-state index in [4.69, 9.17) is 11.6 Å². The summed E-state index contributed by atoms with van der Waals surface area (Å²) in [5.41, 5.74) is 1.66. The Hall–Kier alpha value is -2.22. The van der Waals surface area contributed by atoms with Gasteiger partial charge in [0.25, 0.3) is 0 Å². The van der Waals surface area contributed by atoms with Gasteiger partial charge in [0.05, 0.1) is 11.7 Å². The summed E-state index contributed by atoms with van der Waals surface area (Å²) in [6, 6.07) is 13.5. The first-order chi connectivity index (χ1) is 13.7. The Morgan fingerprint density at radius 2 is 1.93 bits per heavy atom. The zero-order valence-corrected chi connectivity index (χ0v) is 17.7. The maximum atomic E-state index is 12.8. The van der Waals surface area contributed by atoms with Crippen molar-refractivity contribution in [2.45, 2.75) is 25.5 Å². The Kier molecular flexibility index (Phi) is 6.72. The topological polar surface area (TPSA) is 83.6 Å². The van der Waals surface area contributed by atoms with Crippen LogP contribution >= 0.6 is 11.6 Å². The molecule has 154 valence electrons. The molecule has 8 heteroatoms. The predicted molar refractivity (Wildman–Crippen MR) is 113 cm³/mol. The van der Waals surface area contributed by atoms with Crippen molar-refractivity contribution in [3.8, 4) is 0 Å². The maximum absolute atomic E-state index is 12.8. The van der Waals surface area contributed by atoms with Crippen LogP contribution in [0.5, 0.6) is 0 Å². The SMILES string of the molecule is CC(=O)c1cccc(NC(=O)C2CCCN(S(=O)(=O)Cc3cccc(Cl)c3)C2)c1. The van der Waals surface area contributed by atoms with Gasteiger partial charge in [0.15, 0.2) is 5.78 Å². The van der Waals surface area contributed by atoms with Crippen LogP contribution in [0.15, 0.2) is 48.5 Å². The molecule has 2 aromatic carbocycles. The number of carbonyl (C=O) groups is 2. The van der Waals surface area contributed by atoms with E-state index >= 15 is 0 Å². The van der Waals surface area contributed by atoms with Crippen molar-refractivity contribution >= 4 is 39.0 Å². The lowest BCUT2D eigenvalue weighted by molar-refractivity contribution is -0.120. The van der Waals surface area contributed by atoms with Gasteiger partial charge in [0, 0.05) is 29.4 Å². The van der Waals surface area contributed by atoms with Crippen molar-refractivity contribution in [1.29, 1.82) is 0 Å². The van der Waals surface area contributed by atoms with Crippen LogP contribution in [0.2, 0.25) is 5.02 Å². The Balaban J connectivity index is 1.67. The van der Waals surface area contributed by atoms with Crippen LogP contribution in [0, 0.1) is 5.92 Å². The molecule has 2 aromatic rings. The minimum absolute atomic E-state index is 0.0861. The number of nitrogens with zero attached hydrogens (tertiary/aromatic N) is 1. The van der Waals surface area contributed by atoms with E-state index in [0.717, 1.165) is 0 Å². The number of amides is 1. The van der Waals surface area contributed by atoms with Crippen LogP contribution < -0.4 is 5.32 Å². The van der Waals surface area contributed by atoms with Crippen LogP contribution in [0.1, 0.15) is 35.7 Å². The molecule has 29 heavy (non-hydrogen) atoms. The van der Waals surface area contributed by atoms with Gasteiger partial charge >= 0.3 is 0 Å². The van der Waals surface area contributed by atoms with Gasteiger partial charge in [0.2, 0.25) is 15.9 Å². The summed E-state index contributed by atoms with van der Waals surface area (Å²) in [5.74, 6) is -0.924. The van der Waals surface area contributed by atoms with E-state index in [1.165, 1.54) is 11.2 Å². The fraction of sp³-hybridized carbons (Fsp3) is 0.333. The highest BCUT2D eigenvalue weighted by molar-refractivity contribution is 7.88. The first kappa shape index (κ1) is 21.5. The van der Waals surface area contributed by atoms with E-state index in [0.29, 0.717) is 41.2 Å². The van der Waals surface area contributed by atoms with Gasteiger partial charge in [-0.3, -0.25) is 9.59 Å². The molecular formula is C21H23ClN2O4S. The van der Waals surface area contributed by atoms with Crippen molar-refractivity contribution in [1.82, 2.24) is 4.31 Å². The monoisotopic (exact) mass is 434 g/mol. The highest BCUT2D eigenvalue weighted by atomic mass is 35.5. The van der Waals surface area contributed by atoms with Gasteiger partial charge in [-0.05, 0) is 49.6 Å². The number of hydrogen-bond donors (Lipinski definition) is 1. The highest BCUT2D eigenvalue weighted by Crippen LogP contribution is 2.24. The molecule has 0 saturated carbocycles. The number of sulfonamides is 1. The molecule has 1 aliphatic heterocycles. The molecule has 1 aliphatic rings. The summed E-state index contributed by atoms with van der Waals surface area (Å²) in [4.78, 5) is 24.2. The van der Waals surface area contributed by atoms with Gasteiger partial charge in [-0.25, -0.2) is 12.7 Å². The average molecular weight is 435 g/mol. The van der Waals surface area contributed by atoms with Crippen molar-refractivity contribution in [2.75, 3.05) is 18.4 Å². The first-order valence-corrected chi connectivity index (χ1v) is 11.4. The molecule has 0 spiro atoms. The van der Waals surface area contributed by atoms with Crippen molar-refractivity contribution in [3.05, 3.63) is 64.7 Å². The van der Waals surface area contributed by atoms with Gasteiger partial charge in [-0.15, -0.1) is 0 Å². The van der Waals surface area contributed by atoms with E-state index in [1.807, 2.05) is 0 Å². The molecule has 1 atom stereocenters. The minimum atomic E-state index is -3.56. The average Bonchev–Trinajstić information content (AvgIpc) is 2.68. The molecule has 3 rings (SSSR count). The number of piperidine rings is 1. The fourth-order valence-electron chi connectivity index (χ4n) is 3.40. The van der Waals surface area contributed by atoms with Crippen molar-refractivity contribution in [3.63, 3.8) is 0 Å². The number of hydrogen-bond acceptors (Lipinski definition) is 4. The minimum Gasteiger partial charge on any atom is -0.326 e. The van der Waals surface area contributed by atoms with E-state index < -0.39 is 15.9 Å². The summed E-state index contributed by atoms with van der Waals surface area (Å²) in [7, 11) is -3.56. The third-order valence-corrected chi connectivity index (χ3v) is 6.97. The second-order valence-corrected chi connectivity index (χ2v) is 9.61. The van der Waals surface area contributed by atoms with Gasteiger partial charge in [-0.1, -0.05) is 35.9 Å². The van der Waals surface area contributed by atoms with E-state index in [9.17, 15) is 18.0 Å². The number of halogens is 1. The number of Topliss-reactive ketones (excluding diaryl/α,β-unsaturated/α-hetero) is 1. The third-order valence-electron chi connectivity index (χ3n) is 4.92. The zero-order valence-electron chi connectivity index (χ0n) is 16.1. The molecule has 0 aliphatic carbocycles. The molecule has 1 N–H and O–H groups in total. The van der Waals surface area contributed by atoms with Crippen molar-refractivity contribution < 1.29 is 18.0 Å². The molecule has 1 fully saturated rings. The summed E-state index contributed by atoms with van der Waals surface area (Å²) >= 11 is 5.95. The number of ketones is 1. The lowest BCUT2D eigenvalue weighted by Gasteiger charge is -2.31. The Morgan fingerprint density at radius 3 is 2.66 bits per heavy atom. The predicted octanol–water partition coefficient (Wildman–Crippen LogP) is 3.72. The molecule has 1 unspecified atom stereocenters. The van der Waals surface area contributed by atoms with Gasteiger partial charge < -0.3 is 5.32 Å². The fourth-order valence-corrected chi connectivity index (χ4v) is 5.21. The molecular weight excluding hydrogens is 412 g/mol.